The summed E-state index contributed by atoms with van der Waals surface area (Å²) in [5.74, 6) is 1.35. The third kappa shape index (κ3) is 7.93. The maximum atomic E-state index is 11.8. The minimum Gasteiger partial charge on any atom is -0.468 e. The van der Waals surface area contributed by atoms with Gasteiger partial charge in [-0.05, 0) is 30.0 Å². The molecule has 0 unspecified atom stereocenters. The average Bonchev–Trinajstić information content (AvgIpc) is 2.47. The van der Waals surface area contributed by atoms with Crippen LogP contribution in [0.3, 0.4) is 0 Å². The molecule has 2 amide bonds. The molecule has 0 atom stereocenters. The number of hydrogen-bond donors (Lipinski definition) is 2. The molecule has 0 bridgehead atoms. The van der Waals surface area contributed by atoms with Gasteiger partial charge < -0.3 is 15.4 Å². The lowest BCUT2D eigenvalue weighted by molar-refractivity contribution is -0.137. The molecule has 0 aliphatic carbocycles. The third-order valence-corrected chi connectivity index (χ3v) is 3.89. The van der Waals surface area contributed by atoms with Crippen molar-refractivity contribution in [3.63, 3.8) is 0 Å². The van der Waals surface area contributed by atoms with Crippen molar-refractivity contribution in [1.82, 2.24) is 5.32 Å². The molecule has 0 spiro atoms. The molecule has 0 aliphatic rings. The number of rotatable bonds is 8. The van der Waals surface area contributed by atoms with Gasteiger partial charge in [-0.15, -0.1) is 11.8 Å². The molecule has 22 heavy (non-hydrogen) atoms. The Morgan fingerprint density at radius 1 is 1.32 bits per heavy atom. The summed E-state index contributed by atoms with van der Waals surface area (Å²) in [5.41, 5.74) is 1.80. The van der Waals surface area contributed by atoms with Crippen LogP contribution in [0.5, 0.6) is 0 Å². The van der Waals surface area contributed by atoms with E-state index in [1.807, 2.05) is 24.3 Å². The summed E-state index contributed by atoms with van der Waals surface area (Å²) >= 11 is 1.48. The predicted molar refractivity (Wildman–Crippen MR) is 91.1 cm³/mol. The highest BCUT2D eigenvalue weighted by Gasteiger charge is 2.04. The van der Waals surface area contributed by atoms with Gasteiger partial charge in [0, 0.05) is 18.0 Å². The number of methoxy groups -OCH3 is 1. The van der Waals surface area contributed by atoms with Crippen molar-refractivity contribution in [2.24, 2.45) is 5.92 Å². The Bertz CT molecular complexity index is 492. The lowest BCUT2D eigenvalue weighted by Gasteiger charge is -2.10. The zero-order valence-electron chi connectivity index (χ0n) is 13.3. The quantitative estimate of drug-likeness (QED) is 0.720. The molecule has 0 saturated carbocycles. The van der Waals surface area contributed by atoms with Crippen molar-refractivity contribution in [3.05, 3.63) is 29.8 Å². The SMILES string of the molecule is COC(=O)CSCc1cccc(NC(=O)NCCC(C)C)c1. The van der Waals surface area contributed by atoms with E-state index in [9.17, 15) is 9.59 Å². The van der Waals surface area contributed by atoms with Crippen LogP contribution in [0, 0.1) is 5.92 Å². The molecule has 1 rings (SSSR count). The minimum atomic E-state index is -0.233. The van der Waals surface area contributed by atoms with Gasteiger partial charge in [-0.3, -0.25) is 4.79 Å². The Morgan fingerprint density at radius 2 is 2.09 bits per heavy atom. The van der Waals surface area contributed by atoms with Gasteiger partial charge in [0.2, 0.25) is 0 Å². The Labute approximate surface area is 136 Å². The van der Waals surface area contributed by atoms with Crippen LogP contribution < -0.4 is 10.6 Å². The lowest BCUT2D eigenvalue weighted by atomic mass is 10.1. The normalized spacial score (nSPS) is 10.4. The summed E-state index contributed by atoms with van der Waals surface area (Å²) in [6, 6.07) is 7.41. The number of urea groups is 1. The van der Waals surface area contributed by atoms with E-state index in [1.54, 1.807) is 0 Å². The molecule has 0 radical (unpaired) electrons. The second-order valence-electron chi connectivity index (χ2n) is 5.33. The van der Waals surface area contributed by atoms with Gasteiger partial charge in [-0.25, -0.2) is 4.79 Å². The number of thioether (sulfide) groups is 1. The fourth-order valence-corrected chi connectivity index (χ4v) is 2.50. The highest BCUT2D eigenvalue weighted by molar-refractivity contribution is 7.99. The molecule has 1 aromatic rings. The minimum absolute atomic E-state index is 0.194. The van der Waals surface area contributed by atoms with Crippen LogP contribution in [0.25, 0.3) is 0 Å². The van der Waals surface area contributed by atoms with E-state index >= 15 is 0 Å². The average molecular weight is 324 g/mol. The Kier molecular flexibility index (Phi) is 8.43. The highest BCUT2D eigenvalue weighted by Crippen LogP contribution is 2.16. The molecular weight excluding hydrogens is 300 g/mol. The fourth-order valence-electron chi connectivity index (χ4n) is 1.70. The maximum absolute atomic E-state index is 11.8. The molecule has 0 aliphatic heterocycles. The second kappa shape index (κ2) is 10.1. The molecular formula is C16H24N2O3S. The zero-order chi connectivity index (χ0) is 16.4. The molecule has 0 saturated heterocycles. The van der Waals surface area contributed by atoms with Gasteiger partial charge in [-0.2, -0.15) is 0 Å². The molecule has 1 aromatic carbocycles. The van der Waals surface area contributed by atoms with Gasteiger partial charge in [0.25, 0.3) is 0 Å². The molecule has 6 heteroatoms. The van der Waals surface area contributed by atoms with Gasteiger partial charge in [-0.1, -0.05) is 26.0 Å². The Hall–Kier alpha value is -1.69. The summed E-state index contributed by atoms with van der Waals surface area (Å²) in [7, 11) is 1.38. The number of nitrogens with one attached hydrogen (secondary N) is 2. The first kappa shape index (κ1) is 18.4. The molecule has 2 N–H and O–H groups in total. The van der Waals surface area contributed by atoms with E-state index in [0.29, 0.717) is 24.0 Å². The molecule has 122 valence electrons. The number of ether oxygens (including phenoxy) is 1. The van der Waals surface area contributed by atoms with Gasteiger partial charge in [0.15, 0.2) is 0 Å². The van der Waals surface area contributed by atoms with Gasteiger partial charge >= 0.3 is 12.0 Å². The van der Waals surface area contributed by atoms with E-state index in [2.05, 4.69) is 29.2 Å². The van der Waals surface area contributed by atoms with Crippen molar-refractivity contribution in [1.29, 1.82) is 0 Å². The molecule has 0 fully saturated rings. The summed E-state index contributed by atoms with van der Waals surface area (Å²) in [6.07, 6.45) is 0.956. The zero-order valence-corrected chi connectivity index (χ0v) is 14.2. The first-order valence-corrected chi connectivity index (χ1v) is 8.45. The summed E-state index contributed by atoms with van der Waals surface area (Å²) < 4.78 is 4.59. The van der Waals surface area contributed by atoms with Crippen LogP contribution in [0.4, 0.5) is 10.5 Å². The van der Waals surface area contributed by atoms with E-state index in [1.165, 1.54) is 18.9 Å². The van der Waals surface area contributed by atoms with E-state index in [4.69, 9.17) is 0 Å². The van der Waals surface area contributed by atoms with Crippen molar-refractivity contribution in [2.45, 2.75) is 26.0 Å². The summed E-state index contributed by atoms with van der Waals surface area (Å²) in [4.78, 5) is 22.8. The first-order valence-electron chi connectivity index (χ1n) is 7.29. The topological polar surface area (TPSA) is 67.4 Å². The highest BCUT2D eigenvalue weighted by atomic mass is 32.2. The summed E-state index contributed by atoms with van der Waals surface area (Å²) in [6.45, 7) is 4.91. The summed E-state index contributed by atoms with van der Waals surface area (Å²) in [5, 5.41) is 5.65. The number of carbonyl (C=O) groups is 2. The maximum Gasteiger partial charge on any atom is 0.319 e. The predicted octanol–water partition coefficient (Wildman–Crippen LogP) is 3.26. The number of benzene rings is 1. The van der Waals surface area contributed by atoms with Crippen LogP contribution in [-0.4, -0.2) is 31.4 Å². The second-order valence-corrected chi connectivity index (χ2v) is 6.32. The lowest BCUT2D eigenvalue weighted by Crippen LogP contribution is -2.30. The number of hydrogen-bond acceptors (Lipinski definition) is 4. The van der Waals surface area contributed by atoms with Crippen LogP contribution >= 0.6 is 11.8 Å². The monoisotopic (exact) mass is 324 g/mol. The number of anilines is 1. The van der Waals surface area contributed by atoms with Gasteiger partial charge in [0.05, 0.1) is 12.9 Å². The Balaban J connectivity index is 2.39. The Morgan fingerprint density at radius 3 is 2.77 bits per heavy atom. The molecule has 0 heterocycles. The van der Waals surface area contributed by atoms with E-state index < -0.39 is 0 Å². The fraction of sp³-hybridized carbons (Fsp3) is 0.500. The van der Waals surface area contributed by atoms with Crippen LogP contribution in [0.1, 0.15) is 25.8 Å². The smallest absolute Gasteiger partial charge is 0.319 e. The van der Waals surface area contributed by atoms with Crippen molar-refractivity contribution < 1.29 is 14.3 Å². The van der Waals surface area contributed by atoms with Crippen LogP contribution in [0.2, 0.25) is 0 Å². The van der Waals surface area contributed by atoms with E-state index in [-0.39, 0.29) is 12.0 Å². The van der Waals surface area contributed by atoms with E-state index in [0.717, 1.165) is 17.7 Å². The number of carbonyl (C=O) groups excluding carboxylic acids is 2. The van der Waals surface area contributed by atoms with Crippen LogP contribution in [-0.2, 0) is 15.3 Å². The van der Waals surface area contributed by atoms with Gasteiger partial charge in [0.1, 0.15) is 0 Å². The van der Waals surface area contributed by atoms with Crippen molar-refractivity contribution in [3.8, 4) is 0 Å². The van der Waals surface area contributed by atoms with Crippen LogP contribution in [0.15, 0.2) is 24.3 Å². The number of esters is 1. The third-order valence-electron chi connectivity index (χ3n) is 2.91. The van der Waals surface area contributed by atoms with Crippen molar-refractivity contribution in [2.75, 3.05) is 24.7 Å². The molecule has 0 aromatic heterocycles. The number of amides is 2. The first-order chi connectivity index (χ1) is 10.5. The standard InChI is InChI=1S/C16H24N2O3S/c1-12(2)7-8-17-16(20)18-14-6-4-5-13(9-14)10-22-11-15(19)21-3/h4-6,9,12H,7-8,10-11H2,1-3H3,(H2,17,18,20). The largest absolute Gasteiger partial charge is 0.468 e. The molecule has 5 nitrogen and oxygen atoms in total. The van der Waals surface area contributed by atoms with Crippen molar-refractivity contribution >= 4 is 29.4 Å².